The number of aromatic hydroxyl groups is 1. The number of nitrogens with one attached hydrogen (secondary N) is 1. The summed E-state index contributed by atoms with van der Waals surface area (Å²) in [5.41, 5.74) is 2.36. The monoisotopic (exact) mass is 305 g/mol. The third-order valence-electron chi connectivity index (χ3n) is 3.03. The summed E-state index contributed by atoms with van der Waals surface area (Å²) in [5, 5.41) is 21.3. The van der Waals surface area contributed by atoms with Crippen molar-refractivity contribution in [2.75, 3.05) is 11.9 Å². The van der Waals surface area contributed by atoms with Crippen molar-refractivity contribution in [2.24, 2.45) is 0 Å². The highest BCUT2D eigenvalue weighted by Gasteiger charge is 2.08. The minimum absolute atomic E-state index is 0.0728. The summed E-state index contributed by atoms with van der Waals surface area (Å²) >= 11 is 5.97. The first-order valence-corrected chi connectivity index (χ1v) is 6.93. The molecule has 4 nitrogen and oxygen atoms in total. The van der Waals surface area contributed by atoms with Gasteiger partial charge < -0.3 is 15.5 Å². The van der Waals surface area contributed by atoms with Gasteiger partial charge in [-0.15, -0.1) is 0 Å². The average Bonchev–Trinajstić information content (AvgIpc) is 2.44. The minimum atomic E-state index is -0.183. The lowest BCUT2D eigenvalue weighted by Crippen LogP contribution is -2.14. The van der Waals surface area contributed by atoms with Gasteiger partial charge in [-0.3, -0.25) is 4.79 Å². The van der Waals surface area contributed by atoms with Crippen molar-refractivity contribution in [3.63, 3.8) is 0 Å². The van der Waals surface area contributed by atoms with E-state index in [0.29, 0.717) is 22.7 Å². The van der Waals surface area contributed by atoms with Gasteiger partial charge in [0.15, 0.2) is 0 Å². The number of phenols is 1. The van der Waals surface area contributed by atoms with Crippen LogP contribution < -0.4 is 5.32 Å². The van der Waals surface area contributed by atoms with Gasteiger partial charge in [-0.25, -0.2) is 0 Å². The fourth-order valence-electron chi connectivity index (χ4n) is 1.94. The first-order valence-electron chi connectivity index (χ1n) is 6.55. The molecule has 3 N–H and O–H groups in total. The SMILES string of the molecule is O=C(Cc1ccc(O)cc1Cl)Nc1ccc(CCO)cc1. The normalized spacial score (nSPS) is 10.4. The van der Waals surface area contributed by atoms with E-state index in [1.165, 1.54) is 12.1 Å². The van der Waals surface area contributed by atoms with Crippen molar-refractivity contribution in [2.45, 2.75) is 12.8 Å². The van der Waals surface area contributed by atoms with Crippen molar-refractivity contribution in [1.29, 1.82) is 0 Å². The topological polar surface area (TPSA) is 69.6 Å². The van der Waals surface area contributed by atoms with E-state index in [4.69, 9.17) is 16.7 Å². The van der Waals surface area contributed by atoms with E-state index in [1.807, 2.05) is 12.1 Å². The standard InChI is InChI=1S/C16H16ClNO3/c17-15-10-14(20)6-3-12(15)9-16(21)18-13-4-1-11(2-5-13)7-8-19/h1-6,10,19-20H,7-9H2,(H,18,21). The Morgan fingerprint density at radius 1 is 1.14 bits per heavy atom. The lowest BCUT2D eigenvalue weighted by atomic mass is 10.1. The Hall–Kier alpha value is -2.04. The Kier molecular flexibility index (Phi) is 5.20. The Morgan fingerprint density at radius 2 is 1.86 bits per heavy atom. The number of carbonyl (C=O) groups is 1. The molecule has 0 bridgehead atoms. The van der Waals surface area contributed by atoms with Gasteiger partial charge in [0.25, 0.3) is 0 Å². The molecule has 0 aliphatic rings. The molecule has 2 aromatic rings. The molecule has 0 unspecified atom stereocenters. The van der Waals surface area contributed by atoms with Crippen LogP contribution in [0.4, 0.5) is 5.69 Å². The van der Waals surface area contributed by atoms with Gasteiger partial charge >= 0.3 is 0 Å². The fraction of sp³-hybridized carbons (Fsp3) is 0.188. The number of hydrogen-bond donors (Lipinski definition) is 3. The Bertz CT molecular complexity index is 626. The molecule has 0 heterocycles. The van der Waals surface area contributed by atoms with E-state index in [1.54, 1.807) is 18.2 Å². The van der Waals surface area contributed by atoms with Crippen LogP contribution in [0.1, 0.15) is 11.1 Å². The summed E-state index contributed by atoms with van der Waals surface area (Å²) < 4.78 is 0. The Morgan fingerprint density at radius 3 is 2.48 bits per heavy atom. The molecule has 0 fully saturated rings. The van der Waals surface area contributed by atoms with Gasteiger partial charge in [0, 0.05) is 17.3 Å². The van der Waals surface area contributed by atoms with E-state index < -0.39 is 0 Å². The molecule has 0 aromatic heterocycles. The summed E-state index contributed by atoms with van der Waals surface area (Å²) in [6.07, 6.45) is 0.731. The molecular formula is C16H16ClNO3. The van der Waals surface area contributed by atoms with E-state index in [0.717, 1.165) is 5.56 Å². The number of benzene rings is 2. The van der Waals surface area contributed by atoms with E-state index in [2.05, 4.69) is 5.32 Å². The maximum atomic E-state index is 12.0. The highest BCUT2D eigenvalue weighted by Crippen LogP contribution is 2.22. The lowest BCUT2D eigenvalue weighted by molar-refractivity contribution is -0.115. The third kappa shape index (κ3) is 4.48. The third-order valence-corrected chi connectivity index (χ3v) is 3.38. The lowest BCUT2D eigenvalue weighted by Gasteiger charge is -2.08. The quantitative estimate of drug-likeness (QED) is 0.795. The number of anilines is 1. The highest BCUT2D eigenvalue weighted by molar-refractivity contribution is 6.31. The number of aliphatic hydroxyl groups is 1. The number of hydrogen-bond acceptors (Lipinski definition) is 3. The smallest absolute Gasteiger partial charge is 0.228 e. The number of aliphatic hydroxyl groups excluding tert-OH is 1. The van der Waals surface area contributed by atoms with E-state index >= 15 is 0 Å². The zero-order valence-electron chi connectivity index (χ0n) is 11.3. The van der Waals surface area contributed by atoms with Gasteiger partial charge in [-0.05, 0) is 41.8 Å². The molecule has 110 valence electrons. The van der Waals surface area contributed by atoms with Crippen LogP contribution in [-0.4, -0.2) is 22.7 Å². The van der Waals surface area contributed by atoms with E-state index in [-0.39, 0.29) is 24.7 Å². The zero-order valence-corrected chi connectivity index (χ0v) is 12.1. The maximum absolute atomic E-state index is 12.0. The molecule has 0 saturated carbocycles. The van der Waals surface area contributed by atoms with Crippen molar-refractivity contribution >= 4 is 23.2 Å². The molecule has 5 heteroatoms. The van der Waals surface area contributed by atoms with Gasteiger partial charge in [0.05, 0.1) is 6.42 Å². The van der Waals surface area contributed by atoms with Crippen molar-refractivity contribution in [1.82, 2.24) is 0 Å². The predicted octanol–water partition coefficient (Wildman–Crippen LogP) is 2.76. The van der Waals surface area contributed by atoms with Crippen LogP contribution in [-0.2, 0) is 17.6 Å². The number of carbonyl (C=O) groups excluding carboxylic acids is 1. The second kappa shape index (κ2) is 7.11. The first-order chi connectivity index (χ1) is 10.1. The van der Waals surface area contributed by atoms with Crippen LogP contribution >= 0.6 is 11.6 Å². The van der Waals surface area contributed by atoms with Crippen molar-refractivity contribution in [3.05, 3.63) is 58.6 Å². The van der Waals surface area contributed by atoms with Crippen LogP contribution in [0, 0.1) is 0 Å². The maximum Gasteiger partial charge on any atom is 0.228 e. The van der Waals surface area contributed by atoms with Gasteiger partial charge in [-0.2, -0.15) is 0 Å². The zero-order chi connectivity index (χ0) is 15.2. The second-order valence-corrected chi connectivity index (χ2v) is 5.08. The summed E-state index contributed by atoms with van der Waals surface area (Å²) in [7, 11) is 0. The molecular weight excluding hydrogens is 290 g/mol. The molecule has 0 spiro atoms. The average molecular weight is 306 g/mol. The van der Waals surface area contributed by atoms with Gasteiger partial charge in [-0.1, -0.05) is 29.8 Å². The van der Waals surface area contributed by atoms with Crippen LogP contribution in [0.5, 0.6) is 5.75 Å². The van der Waals surface area contributed by atoms with Crippen molar-refractivity contribution in [3.8, 4) is 5.75 Å². The molecule has 0 aliphatic carbocycles. The second-order valence-electron chi connectivity index (χ2n) is 4.67. The van der Waals surface area contributed by atoms with Crippen molar-refractivity contribution < 1.29 is 15.0 Å². The van der Waals surface area contributed by atoms with Crippen LogP contribution in [0.25, 0.3) is 0 Å². The number of phenolic OH excluding ortho intramolecular Hbond substituents is 1. The molecule has 2 aromatic carbocycles. The van der Waals surface area contributed by atoms with E-state index in [9.17, 15) is 9.90 Å². The molecule has 1 amide bonds. The summed E-state index contributed by atoms with van der Waals surface area (Å²) in [6.45, 7) is 0.102. The summed E-state index contributed by atoms with van der Waals surface area (Å²) in [6, 6.07) is 11.8. The minimum Gasteiger partial charge on any atom is -0.508 e. The van der Waals surface area contributed by atoms with Crippen LogP contribution in [0.15, 0.2) is 42.5 Å². The Balaban J connectivity index is 1.98. The summed E-state index contributed by atoms with van der Waals surface area (Å²) in [5.74, 6) is -0.110. The molecule has 0 radical (unpaired) electrons. The fourth-order valence-corrected chi connectivity index (χ4v) is 2.18. The first kappa shape index (κ1) is 15.4. The van der Waals surface area contributed by atoms with Crippen LogP contribution in [0.3, 0.4) is 0 Å². The largest absolute Gasteiger partial charge is 0.508 e. The molecule has 0 atom stereocenters. The molecule has 21 heavy (non-hydrogen) atoms. The number of halogens is 1. The summed E-state index contributed by atoms with van der Waals surface area (Å²) in [4.78, 5) is 12.0. The molecule has 0 aliphatic heterocycles. The number of rotatable bonds is 5. The molecule has 2 rings (SSSR count). The molecule has 0 saturated heterocycles. The predicted molar refractivity (Wildman–Crippen MR) is 82.7 cm³/mol. The van der Waals surface area contributed by atoms with Gasteiger partial charge in [0.2, 0.25) is 5.91 Å². The number of amides is 1. The Labute approximate surface area is 128 Å². The van der Waals surface area contributed by atoms with Crippen LogP contribution in [0.2, 0.25) is 5.02 Å². The van der Waals surface area contributed by atoms with Gasteiger partial charge in [0.1, 0.15) is 5.75 Å². The highest BCUT2D eigenvalue weighted by atomic mass is 35.5.